The van der Waals surface area contributed by atoms with E-state index in [1.165, 1.54) is 32.3 Å². The van der Waals surface area contributed by atoms with Crippen LogP contribution in [-0.4, -0.2) is 9.97 Å². The highest BCUT2D eigenvalue weighted by atomic mass is 32.1. The van der Waals surface area contributed by atoms with E-state index in [4.69, 9.17) is 14.7 Å². The van der Waals surface area contributed by atoms with Crippen LogP contribution in [0.15, 0.2) is 181 Å². The molecule has 3 heterocycles. The monoisotopic (exact) mass is 710 g/mol. The van der Waals surface area contributed by atoms with Gasteiger partial charge in [-0.15, -0.1) is 11.3 Å². The van der Waals surface area contributed by atoms with E-state index in [0.29, 0.717) is 5.82 Å². The molecule has 0 saturated heterocycles. The molecule has 3 aliphatic rings. The molecule has 11 rings (SSSR count). The maximum atomic E-state index is 6.80. The van der Waals surface area contributed by atoms with Crippen LogP contribution in [0.25, 0.3) is 55.1 Å². The first-order valence-corrected chi connectivity index (χ1v) is 19.4. The van der Waals surface area contributed by atoms with E-state index in [-0.39, 0.29) is 11.3 Å². The van der Waals surface area contributed by atoms with E-state index in [9.17, 15) is 0 Å². The Kier molecular flexibility index (Phi) is 6.83. The Morgan fingerprint density at radius 2 is 1.26 bits per heavy atom. The highest BCUT2D eigenvalue weighted by molar-refractivity contribution is 7.17. The molecule has 0 radical (unpaired) electrons. The standard InChI is InChI=1S/C50H34N2OS/c1-49-27-11-10-21-46(49)50(39-23-25-45-37(47(39)49)26-28-54-45)38-19-8-9-20-43(38)53-44-24-22-35(30-40(44)50)34-17-12-18-36(29-34)42-31-41(32-13-4-2-5-14-32)51-48(52-42)33-15-6-3-7-16-33/h2-31,46H,1H3. The molecule has 3 atom stereocenters. The van der Waals surface area contributed by atoms with Gasteiger partial charge in [0.05, 0.1) is 16.8 Å². The Hall–Kier alpha value is -6.36. The normalized spacial score (nSPS) is 20.3. The van der Waals surface area contributed by atoms with Gasteiger partial charge in [0.15, 0.2) is 5.82 Å². The second kappa shape index (κ2) is 11.8. The van der Waals surface area contributed by atoms with E-state index in [2.05, 4.69) is 164 Å². The van der Waals surface area contributed by atoms with Crippen molar-refractivity contribution in [2.45, 2.75) is 17.8 Å². The minimum absolute atomic E-state index is 0.148. The Morgan fingerprint density at radius 1 is 0.556 bits per heavy atom. The van der Waals surface area contributed by atoms with Crippen LogP contribution in [0, 0.1) is 5.92 Å². The number of thiophene rings is 1. The van der Waals surface area contributed by atoms with Gasteiger partial charge in [0.2, 0.25) is 0 Å². The molecule has 3 unspecified atom stereocenters. The van der Waals surface area contributed by atoms with Crippen molar-refractivity contribution >= 4 is 21.4 Å². The van der Waals surface area contributed by atoms with Crippen LogP contribution in [0.2, 0.25) is 0 Å². The van der Waals surface area contributed by atoms with E-state index >= 15 is 0 Å². The molecular formula is C50H34N2OS. The van der Waals surface area contributed by atoms with Crippen LogP contribution in [-0.2, 0) is 10.8 Å². The molecule has 0 saturated carbocycles. The number of nitrogens with zero attached hydrogens (tertiary/aromatic N) is 2. The van der Waals surface area contributed by atoms with Gasteiger partial charge in [0.25, 0.3) is 0 Å². The van der Waals surface area contributed by atoms with Crippen molar-refractivity contribution in [3.63, 3.8) is 0 Å². The molecule has 256 valence electrons. The van der Waals surface area contributed by atoms with Gasteiger partial charge in [-0.05, 0) is 75.5 Å². The largest absolute Gasteiger partial charge is 0.457 e. The number of rotatable bonds is 4. The van der Waals surface area contributed by atoms with E-state index in [1.54, 1.807) is 0 Å². The van der Waals surface area contributed by atoms with Gasteiger partial charge < -0.3 is 4.74 Å². The van der Waals surface area contributed by atoms with Crippen molar-refractivity contribution in [2.24, 2.45) is 5.92 Å². The summed E-state index contributed by atoms with van der Waals surface area (Å²) in [6.07, 6.45) is 9.35. The number of hydrogen-bond donors (Lipinski definition) is 0. The molecule has 2 aliphatic carbocycles. The summed E-state index contributed by atoms with van der Waals surface area (Å²) in [6, 6.07) is 54.0. The SMILES string of the molecule is CC12C=CC=CC1C1(c3ccccc3Oc3ccc(-c4cccc(-c5cc(-c6ccccc6)nc(-c6ccccc6)n5)c4)cc31)c1ccc3sccc3c12. The zero-order chi connectivity index (χ0) is 35.9. The molecule has 54 heavy (non-hydrogen) atoms. The number of allylic oxidation sites excluding steroid dienone is 4. The third-order valence-corrected chi connectivity index (χ3v) is 12.7. The molecule has 0 amide bonds. The lowest BCUT2D eigenvalue weighted by molar-refractivity contribution is 0.330. The number of hydrogen-bond acceptors (Lipinski definition) is 4. The molecular weight excluding hydrogens is 677 g/mol. The van der Waals surface area contributed by atoms with Crippen molar-refractivity contribution in [1.82, 2.24) is 9.97 Å². The summed E-state index contributed by atoms with van der Waals surface area (Å²) in [5, 5.41) is 3.59. The Bertz CT molecular complexity index is 2780. The summed E-state index contributed by atoms with van der Waals surface area (Å²) in [6.45, 7) is 2.43. The fourth-order valence-corrected chi connectivity index (χ4v) is 10.3. The highest BCUT2D eigenvalue weighted by Gasteiger charge is 2.61. The molecule has 6 aromatic carbocycles. The minimum Gasteiger partial charge on any atom is -0.457 e. The van der Waals surface area contributed by atoms with Crippen LogP contribution in [0.4, 0.5) is 0 Å². The van der Waals surface area contributed by atoms with Crippen LogP contribution >= 0.6 is 11.3 Å². The zero-order valence-electron chi connectivity index (χ0n) is 29.6. The van der Waals surface area contributed by atoms with Crippen molar-refractivity contribution in [1.29, 1.82) is 0 Å². The number of para-hydroxylation sites is 1. The molecule has 0 fully saturated rings. The molecule has 3 nitrogen and oxygen atoms in total. The predicted octanol–water partition coefficient (Wildman–Crippen LogP) is 12.8. The first kappa shape index (κ1) is 31.2. The second-order valence-corrected chi connectivity index (χ2v) is 15.7. The van der Waals surface area contributed by atoms with Gasteiger partial charge in [-0.25, -0.2) is 9.97 Å². The van der Waals surface area contributed by atoms with Crippen molar-refractivity contribution < 1.29 is 4.74 Å². The maximum Gasteiger partial charge on any atom is 0.160 e. The second-order valence-electron chi connectivity index (χ2n) is 14.7. The smallest absolute Gasteiger partial charge is 0.160 e. The minimum atomic E-state index is -0.457. The fraction of sp³-hybridized carbons (Fsp3) is 0.0800. The van der Waals surface area contributed by atoms with Gasteiger partial charge in [-0.1, -0.05) is 140 Å². The quantitative estimate of drug-likeness (QED) is 0.182. The lowest BCUT2D eigenvalue weighted by Crippen LogP contribution is -2.42. The fourth-order valence-electron chi connectivity index (χ4n) is 9.49. The number of ether oxygens (including phenoxy) is 1. The summed E-state index contributed by atoms with van der Waals surface area (Å²) >= 11 is 1.82. The molecule has 2 aromatic heterocycles. The average Bonchev–Trinajstić information content (AvgIpc) is 3.81. The summed E-state index contributed by atoms with van der Waals surface area (Å²) in [4.78, 5) is 10.2. The number of fused-ring (bicyclic) bond motifs is 11. The van der Waals surface area contributed by atoms with Gasteiger partial charge in [0.1, 0.15) is 11.5 Å². The van der Waals surface area contributed by atoms with Crippen LogP contribution < -0.4 is 4.74 Å². The van der Waals surface area contributed by atoms with Crippen molar-refractivity contribution in [3.05, 3.63) is 204 Å². The lowest BCUT2D eigenvalue weighted by Gasteiger charge is -2.45. The Morgan fingerprint density at radius 3 is 2.11 bits per heavy atom. The zero-order valence-corrected chi connectivity index (χ0v) is 30.4. The Balaban J connectivity index is 1.11. The predicted molar refractivity (Wildman–Crippen MR) is 221 cm³/mol. The maximum absolute atomic E-state index is 6.80. The topological polar surface area (TPSA) is 35.0 Å². The van der Waals surface area contributed by atoms with Gasteiger partial charge >= 0.3 is 0 Å². The van der Waals surface area contributed by atoms with Crippen LogP contribution in [0.1, 0.15) is 29.2 Å². The summed E-state index contributed by atoms with van der Waals surface area (Å²) in [5.41, 5.74) is 11.7. The molecule has 4 heteroatoms. The third kappa shape index (κ3) is 4.47. The molecule has 1 spiro atoms. The lowest BCUT2D eigenvalue weighted by atomic mass is 9.59. The van der Waals surface area contributed by atoms with E-state index in [0.717, 1.165) is 50.7 Å². The first-order valence-electron chi connectivity index (χ1n) is 18.5. The first-order chi connectivity index (χ1) is 26.6. The van der Waals surface area contributed by atoms with E-state index < -0.39 is 5.41 Å². The van der Waals surface area contributed by atoms with Crippen LogP contribution in [0.3, 0.4) is 0 Å². The molecule has 0 N–H and O–H groups in total. The third-order valence-electron chi connectivity index (χ3n) is 11.8. The van der Waals surface area contributed by atoms with Crippen molar-refractivity contribution in [2.75, 3.05) is 0 Å². The highest BCUT2D eigenvalue weighted by Crippen LogP contribution is 2.67. The molecule has 0 bridgehead atoms. The van der Waals surface area contributed by atoms with Gasteiger partial charge in [-0.3, -0.25) is 0 Å². The van der Waals surface area contributed by atoms with E-state index in [1.807, 2.05) is 35.6 Å². The summed E-state index contributed by atoms with van der Waals surface area (Å²) in [7, 11) is 0. The van der Waals surface area contributed by atoms with Gasteiger partial charge in [0, 0.05) is 43.9 Å². The van der Waals surface area contributed by atoms with Gasteiger partial charge in [-0.2, -0.15) is 0 Å². The summed E-state index contributed by atoms with van der Waals surface area (Å²) < 4.78 is 8.13. The van der Waals surface area contributed by atoms with Crippen molar-refractivity contribution in [3.8, 4) is 56.5 Å². The molecule has 1 aliphatic heterocycles. The average molecular weight is 711 g/mol. The number of benzene rings is 6. The summed E-state index contributed by atoms with van der Waals surface area (Å²) in [5.74, 6) is 2.69. The Labute approximate surface area is 318 Å². The number of aromatic nitrogens is 2. The van der Waals surface area contributed by atoms with Crippen LogP contribution in [0.5, 0.6) is 11.5 Å². The molecule has 8 aromatic rings.